The average Bonchev–Trinajstić information content (AvgIpc) is 2.37. The maximum absolute atomic E-state index is 13.2. The van der Waals surface area contributed by atoms with E-state index >= 15 is 0 Å². The van der Waals surface area contributed by atoms with Gasteiger partial charge < -0.3 is 10.0 Å². The minimum absolute atomic E-state index is 0.0400. The number of piperidine rings is 1. The van der Waals surface area contributed by atoms with Crippen molar-refractivity contribution >= 4 is 15.5 Å². The summed E-state index contributed by atoms with van der Waals surface area (Å²) >= 11 is 0. The maximum atomic E-state index is 13.2. The van der Waals surface area contributed by atoms with Crippen molar-refractivity contribution in [3.63, 3.8) is 0 Å². The fourth-order valence-corrected chi connectivity index (χ4v) is 3.00. The van der Waals surface area contributed by atoms with Crippen molar-refractivity contribution in [1.29, 1.82) is 0 Å². The van der Waals surface area contributed by atoms with Gasteiger partial charge in [-0.05, 0) is 31.0 Å². The normalized spacial score (nSPS) is 18.0. The Morgan fingerprint density at radius 2 is 1.81 bits per heavy atom. The van der Waals surface area contributed by atoms with E-state index in [1.807, 2.05) is 0 Å². The largest absolute Gasteiger partial charge is 0.418 e. The van der Waals surface area contributed by atoms with Crippen molar-refractivity contribution in [2.75, 3.05) is 24.2 Å². The van der Waals surface area contributed by atoms with Crippen LogP contribution in [0, 0.1) is 0 Å². The molecule has 118 valence electrons. The maximum Gasteiger partial charge on any atom is 0.418 e. The molecule has 21 heavy (non-hydrogen) atoms. The summed E-state index contributed by atoms with van der Waals surface area (Å²) in [5.41, 5.74) is -0.997. The van der Waals surface area contributed by atoms with E-state index in [0.717, 1.165) is 6.26 Å². The van der Waals surface area contributed by atoms with Gasteiger partial charge in [0.05, 0.1) is 16.6 Å². The van der Waals surface area contributed by atoms with Crippen molar-refractivity contribution in [2.24, 2.45) is 0 Å². The summed E-state index contributed by atoms with van der Waals surface area (Å²) in [6, 6.07) is 3.05. The lowest BCUT2D eigenvalue weighted by molar-refractivity contribution is -0.137. The molecule has 0 radical (unpaired) electrons. The molecule has 0 atom stereocenters. The molecule has 1 aliphatic rings. The molecule has 4 nitrogen and oxygen atoms in total. The van der Waals surface area contributed by atoms with E-state index < -0.39 is 27.7 Å². The minimum atomic E-state index is -4.63. The van der Waals surface area contributed by atoms with Crippen molar-refractivity contribution in [2.45, 2.75) is 30.0 Å². The van der Waals surface area contributed by atoms with Crippen LogP contribution in [0.3, 0.4) is 0 Å². The first-order valence-electron chi connectivity index (χ1n) is 6.43. The van der Waals surface area contributed by atoms with Crippen LogP contribution in [-0.4, -0.2) is 39.0 Å². The van der Waals surface area contributed by atoms with E-state index in [-0.39, 0.29) is 10.6 Å². The molecule has 1 heterocycles. The molecule has 0 unspecified atom stereocenters. The second kappa shape index (κ2) is 5.49. The molecule has 0 aliphatic carbocycles. The standard InChI is InChI=1S/C13H16F3NO3S/c1-21(19,20)10-2-3-12(11(8-10)13(14,15)16)17-6-4-9(18)5-7-17/h2-3,8-9,18H,4-7H2,1H3. The number of aliphatic hydroxyl groups is 1. The fraction of sp³-hybridized carbons (Fsp3) is 0.538. The molecule has 1 saturated heterocycles. The highest BCUT2D eigenvalue weighted by Crippen LogP contribution is 2.38. The summed E-state index contributed by atoms with van der Waals surface area (Å²) in [5.74, 6) is 0. The summed E-state index contributed by atoms with van der Waals surface area (Å²) in [7, 11) is -3.70. The lowest BCUT2D eigenvalue weighted by Crippen LogP contribution is -2.37. The van der Waals surface area contributed by atoms with Gasteiger partial charge in [0.25, 0.3) is 0 Å². The van der Waals surface area contributed by atoms with Crippen molar-refractivity contribution in [1.82, 2.24) is 0 Å². The number of anilines is 1. The van der Waals surface area contributed by atoms with Gasteiger partial charge in [-0.3, -0.25) is 0 Å². The molecule has 0 spiro atoms. The molecular formula is C13H16F3NO3S. The Morgan fingerprint density at radius 3 is 2.29 bits per heavy atom. The molecule has 1 N–H and O–H groups in total. The topological polar surface area (TPSA) is 57.6 Å². The van der Waals surface area contributed by atoms with Crippen molar-refractivity contribution < 1.29 is 26.7 Å². The van der Waals surface area contributed by atoms with E-state index in [1.165, 1.54) is 17.0 Å². The molecular weight excluding hydrogens is 307 g/mol. The summed E-state index contributed by atoms with van der Waals surface area (Å²) in [4.78, 5) is 1.18. The average molecular weight is 323 g/mol. The third-order valence-electron chi connectivity index (χ3n) is 3.51. The number of hydrogen-bond acceptors (Lipinski definition) is 4. The smallest absolute Gasteiger partial charge is 0.393 e. The van der Waals surface area contributed by atoms with Gasteiger partial charge in [0, 0.05) is 25.0 Å². The third-order valence-corrected chi connectivity index (χ3v) is 4.62. The third kappa shape index (κ3) is 3.68. The van der Waals surface area contributed by atoms with Crippen LogP contribution in [-0.2, 0) is 16.0 Å². The molecule has 0 bridgehead atoms. The predicted octanol–water partition coefficient (Wildman–Crippen LogP) is 2.07. The highest BCUT2D eigenvalue weighted by molar-refractivity contribution is 7.90. The first-order valence-corrected chi connectivity index (χ1v) is 8.32. The summed E-state index contributed by atoms with van der Waals surface area (Å²) in [6.45, 7) is 0.616. The first kappa shape index (κ1) is 16.1. The number of nitrogens with zero attached hydrogens (tertiary/aromatic N) is 1. The Bertz CT molecular complexity index is 620. The fourth-order valence-electron chi connectivity index (χ4n) is 2.36. The quantitative estimate of drug-likeness (QED) is 0.905. The number of hydrogen-bond donors (Lipinski definition) is 1. The van der Waals surface area contributed by atoms with Gasteiger partial charge in [0.15, 0.2) is 9.84 Å². The highest BCUT2D eigenvalue weighted by atomic mass is 32.2. The van der Waals surface area contributed by atoms with Crippen LogP contribution in [0.25, 0.3) is 0 Å². The van der Waals surface area contributed by atoms with Gasteiger partial charge in [-0.15, -0.1) is 0 Å². The van der Waals surface area contributed by atoms with Crippen LogP contribution in [0.2, 0.25) is 0 Å². The van der Waals surface area contributed by atoms with Crippen molar-refractivity contribution in [3.8, 4) is 0 Å². The Kier molecular flexibility index (Phi) is 4.21. The van der Waals surface area contributed by atoms with Crippen LogP contribution in [0.4, 0.5) is 18.9 Å². The number of sulfone groups is 1. The molecule has 0 amide bonds. The Balaban J connectivity index is 2.46. The molecule has 0 saturated carbocycles. The van der Waals surface area contributed by atoms with Gasteiger partial charge in [-0.2, -0.15) is 13.2 Å². The number of benzene rings is 1. The summed E-state index contributed by atoms with van der Waals surface area (Å²) < 4.78 is 62.4. The second-order valence-corrected chi connectivity index (χ2v) is 7.18. The van der Waals surface area contributed by atoms with Gasteiger partial charge in [0.1, 0.15) is 0 Å². The van der Waals surface area contributed by atoms with Gasteiger partial charge in [-0.25, -0.2) is 8.42 Å². The van der Waals surface area contributed by atoms with E-state index in [4.69, 9.17) is 0 Å². The van der Waals surface area contributed by atoms with Crippen LogP contribution in [0.1, 0.15) is 18.4 Å². The minimum Gasteiger partial charge on any atom is -0.393 e. The number of aliphatic hydroxyl groups excluding tert-OH is 1. The predicted molar refractivity (Wildman–Crippen MR) is 72.0 cm³/mol. The highest BCUT2D eigenvalue weighted by Gasteiger charge is 2.36. The van der Waals surface area contributed by atoms with E-state index in [9.17, 15) is 26.7 Å². The summed E-state index contributed by atoms with van der Waals surface area (Å²) in [5, 5.41) is 9.43. The van der Waals surface area contributed by atoms with Gasteiger partial charge >= 0.3 is 6.18 Å². The molecule has 1 aromatic carbocycles. The SMILES string of the molecule is CS(=O)(=O)c1ccc(N2CCC(O)CC2)c(C(F)(F)F)c1. The Morgan fingerprint density at radius 1 is 1.24 bits per heavy atom. The number of rotatable bonds is 2. The molecule has 1 aromatic rings. The molecule has 1 fully saturated rings. The second-order valence-electron chi connectivity index (χ2n) is 5.17. The monoisotopic (exact) mass is 323 g/mol. The van der Waals surface area contributed by atoms with Crippen LogP contribution in [0.15, 0.2) is 23.1 Å². The van der Waals surface area contributed by atoms with Gasteiger partial charge in [0.2, 0.25) is 0 Å². The zero-order chi connectivity index (χ0) is 15.8. The zero-order valence-corrected chi connectivity index (χ0v) is 12.2. The van der Waals surface area contributed by atoms with E-state index in [1.54, 1.807) is 0 Å². The molecule has 8 heteroatoms. The number of alkyl halides is 3. The molecule has 1 aliphatic heterocycles. The van der Waals surface area contributed by atoms with E-state index in [0.29, 0.717) is 32.0 Å². The summed E-state index contributed by atoms with van der Waals surface area (Å²) in [6.07, 6.45) is -3.47. The number of halogens is 3. The Hall–Kier alpha value is -1.28. The first-order chi connectivity index (χ1) is 9.59. The molecule has 2 rings (SSSR count). The lowest BCUT2D eigenvalue weighted by Gasteiger charge is -2.33. The molecule has 0 aromatic heterocycles. The zero-order valence-electron chi connectivity index (χ0n) is 11.4. The Labute approximate surface area is 121 Å². The van der Waals surface area contributed by atoms with Crippen LogP contribution >= 0.6 is 0 Å². The van der Waals surface area contributed by atoms with Crippen LogP contribution < -0.4 is 4.90 Å². The van der Waals surface area contributed by atoms with Crippen LogP contribution in [0.5, 0.6) is 0 Å². The lowest BCUT2D eigenvalue weighted by atomic mass is 10.0. The van der Waals surface area contributed by atoms with Crippen molar-refractivity contribution in [3.05, 3.63) is 23.8 Å². The van der Waals surface area contributed by atoms with Gasteiger partial charge in [-0.1, -0.05) is 0 Å². The van der Waals surface area contributed by atoms with E-state index in [2.05, 4.69) is 0 Å².